The number of pyridine rings is 1. The number of likely N-dealkylation sites (tertiary alicyclic amines) is 1. The molecule has 2 aliphatic heterocycles. The first kappa shape index (κ1) is 32.5. The monoisotopic (exact) mass is 583 g/mol. The van der Waals surface area contributed by atoms with E-state index in [1.54, 1.807) is 6.20 Å². The van der Waals surface area contributed by atoms with E-state index in [0.29, 0.717) is 19.7 Å². The molecule has 11 nitrogen and oxygen atoms in total. The molecule has 0 spiro atoms. The second-order valence-corrected chi connectivity index (χ2v) is 8.79. The summed E-state index contributed by atoms with van der Waals surface area (Å²) in [5.74, 6) is -5.34. The van der Waals surface area contributed by atoms with Crippen LogP contribution in [0.4, 0.5) is 26.3 Å². The highest BCUT2D eigenvalue weighted by Gasteiger charge is 2.40. The number of aromatic nitrogens is 3. The summed E-state index contributed by atoms with van der Waals surface area (Å²) in [6.07, 6.45) is -1.82. The number of carbonyl (C=O) groups is 3. The molecular weight excluding hydrogens is 556 g/mol. The van der Waals surface area contributed by atoms with Gasteiger partial charge in [-0.1, -0.05) is 6.07 Å². The van der Waals surface area contributed by atoms with E-state index >= 15 is 0 Å². The molecule has 0 saturated carbocycles. The molecule has 2 saturated heterocycles. The molecule has 0 bridgehead atoms. The number of carboxylic acid groups (broad SMARTS) is 2. The molecule has 0 aliphatic carbocycles. The molecule has 222 valence electrons. The first-order valence-corrected chi connectivity index (χ1v) is 11.7. The molecule has 40 heavy (non-hydrogen) atoms. The van der Waals surface area contributed by atoms with Crippen LogP contribution in [0.15, 0.2) is 36.9 Å². The Balaban J connectivity index is 0.000000333. The summed E-state index contributed by atoms with van der Waals surface area (Å²) >= 11 is 0. The highest BCUT2D eigenvalue weighted by Crippen LogP contribution is 2.27. The zero-order chi connectivity index (χ0) is 30.1. The third-order valence-electron chi connectivity index (χ3n) is 5.71. The predicted molar refractivity (Wildman–Crippen MR) is 123 cm³/mol. The minimum absolute atomic E-state index is 0.0215. The second-order valence-electron chi connectivity index (χ2n) is 8.79. The summed E-state index contributed by atoms with van der Waals surface area (Å²) in [7, 11) is 1.93. The van der Waals surface area contributed by atoms with Crippen LogP contribution >= 0.6 is 0 Å². The van der Waals surface area contributed by atoms with Gasteiger partial charge in [0.05, 0.1) is 24.8 Å². The lowest BCUT2D eigenvalue weighted by molar-refractivity contribution is -0.193. The summed E-state index contributed by atoms with van der Waals surface area (Å²) in [6, 6.07) is 3.92. The number of hydrogen-bond donors (Lipinski definition) is 2. The number of carbonyl (C=O) groups excluding carboxylic acids is 1. The van der Waals surface area contributed by atoms with Crippen LogP contribution in [0, 0.1) is 5.92 Å². The van der Waals surface area contributed by atoms with E-state index in [2.05, 4.69) is 15.0 Å². The van der Waals surface area contributed by atoms with Crippen molar-refractivity contribution in [1.82, 2.24) is 24.6 Å². The first-order chi connectivity index (χ1) is 18.6. The van der Waals surface area contributed by atoms with E-state index < -0.39 is 24.3 Å². The highest BCUT2D eigenvalue weighted by molar-refractivity contribution is 5.80. The maximum absolute atomic E-state index is 13.0. The number of ether oxygens (including phenoxy) is 1. The number of aliphatic carboxylic acids is 2. The van der Waals surface area contributed by atoms with Crippen molar-refractivity contribution in [1.29, 1.82) is 0 Å². The minimum atomic E-state index is -5.08. The van der Waals surface area contributed by atoms with Gasteiger partial charge in [-0.2, -0.15) is 31.4 Å². The van der Waals surface area contributed by atoms with Gasteiger partial charge in [0.1, 0.15) is 0 Å². The van der Waals surface area contributed by atoms with Gasteiger partial charge in [-0.05, 0) is 24.6 Å². The van der Waals surface area contributed by atoms with E-state index in [4.69, 9.17) is 24.5 Å². The predicted octanol–water partition coefficient (Wildman–Crippen LogP) is 2.33. The van der Waals surface area contributed by atoms with Crippen LogP contribution in [-0.2, 0) is 39.3 Å². The van der Waals surface area contributed by atoms with E-state index in [1.807, 2.05) is 47.4 Å². The van der Waals surface area contributed by atoms with Crippen LogP contribution in [-0.4, -0.2) is 97.3 Å². The molecule has 0 aromatic carbocycles. The van der Waals surface area contributed by atoms with Crippen molar-refractivity contribution < 1.29 is 55.7 Å². The zero-order valence-corrected chi connectivity index (χ0v) is 21.1. The first-order valence-electron chi connectivity index (χ1n) is 11.7. The zero-order valence-electron chi connectivity index (χ0n) is 21.1. The van der Waals surface area contributed by atoms with Crippen LogP contribution in [0.5, 0.6) is 0 Å². The van der Waals surface area contributed by atoms with Crippen molar-refractivity contribution in [3.8, 4) is 0 Å². The fraction of sp³-hybridized carbons (Fsp3) is 0.522. The molecule has 2 aromatic rings. The third-order valence-corrected chi connectivity index (χ3v) is 5.71. The maximum Gasteiger partial charge on any atom is 0.490 e. The molecule has 2 fully saturated rings. The molecule has 4 rings (SSSR count). The number of nitrogens with zero attached hydrogens (tertiary/aromatic N) is 5. The van der Waals surface area contributed by atoms with Crippen molar-refractivity contribution in [3.05, 3.63) is 48.0 Å². The van der Waals surface area contributed by atoms with E-state index in [9.17, 15) is 31.1 Å². The lowest BCUT2D eigenvalue weighted by Crippen LogP contribution is -2.48. The third kappa shape index (κ3) is 10.4. The molecule has 1 amide bonds. The minimum Gasteiger partial charge on any atom is -0.475 e. The van der Waals surface area contributed by atoms with Gasteiger partial charge in [-0.3, -0.25) is 19.4 Å². The van der Waals surface area contributed by atoms with Gasteiger partial charge in [-0.15, -0.1) is 0 Å². The molecule has 0 unspecified atom stereocenters. The highest BCUT2D eigenvalue weighted by atomic mass is 19.4. The summed E-state index contributed by atoms with van der Waals surface area (Å²) < 4.78 is 71.4. The van der Waals surface area contributed by atoms with Crippen LogP contribution in [0.3, 0.4) is 0 Å². The molecule has 0 radical (unpaired) electrons. The number of aryl methyl sites for hydroxylation is 1. The molecular formula is C23H27F6N5O6. The Bertz CT molecular complexity index is 1100. The number of amides is 1. The van der Waals surface area contributed by atoms with Crippen LogP contribution in [0.2, 0.25) is 0 Å². The Morgan fingerprint density at radius 2 is 1.65 bits per heavy atom. The Hall–Kier alpha value is -3.73. The average molecular weight is 583 g/mol. The van der Waals surface area contributed by atoms with Gasteiger partial charge in [0.15, 0.2) is 0 Å². The fourth-order valence-electron chi connectivity index (χ4n) is 3.92. The second kappa shape index (κ2) is 14.1. The molecule has 4 heterocycles. The van der Waals surface area contributed by atoms with Crippen LogP contribution < -0.4 is 0 Å². The Morgan fingerprint density at radius 3 is 2.15 bits per heavy atom. The lowest BCUT2D eigenvalue weighted by atomic mass is 9.92. The lowest BCUT2D eigenvalue weighted by Gasteiger charge is -2.37. The molecule has 2 aromatic heterocycles. The summed E-state index contributed by atoms with van der Waals surface area (Å²) in [4.78, 5) is 39.3. The number of halogens is 6. The molecule has 17 heteroatoms. The topological polar surface area (TPSA) is 138 Å². The Kier molecular flexibility index (Phi) is 11.4. The largest absolute Gasteiger partial charge is 0.490 e. The van der Waals surface area contributed by atoms with Gasteiger partial charge in [-0.25, -0.2) is 9.59 Å². The van der Waals surface area contributed by atoms with Gasteiger partial charge >= 0.3 is 24.3 Å². The summed E-state index contributed by atoms with van der Waals surface area (Å²) in [6.45, 7) is 4.40. The summed E-state index contributed by atoms with van der Waals surface area (Å²) in [5, 5.41) is 18.5. The maximum atomic E-state index is 13.0. The standard InChI is InChI=1S/C19H25N5O2.2C2HF3O2/c1-22-11-16(10-21-22)12-23-6-4-17-18(14-23)26-8-7-24(19(17)25)13-15-3-2-5-20-9-15;2*3-2(4,5)1(6)7/h2-3,5,9-11,17-18H,4,6-8,12-14H2,1H3;2*(H,6,7)/t17-,18+;;/m1../s1. The molecule has 2 N–H and O–H groups in total. The van der Waals surface area contributed by atoms with Gasteiger partial charge in [0.2, 0.25) is 5.91 Å². The van der Waals surface area contributed by atoms with Crippen molar-refractivity contribution in [3.63, 3.8) is 0 Å². The molecule has 2 atom stereocenters. The van der Waals surface area contributed by atoms with E-state index in [1.165, 1.54) is 5.56 Å². The van der Waals surface area contributed by atoms with E-state index in [0.717, 1.165) is 31.6 Å². The smallest absolute Gasteiger partial charge is 0.475 e. The number of fused-ring (bicyclic) bond motifs is 1. The number of alkyl halides is 6. The van der Waals surface area contributed by atoms with Crippen molar-refractivity contribution in [2.45, 2.75) is 38.0 Å². The normalized spacial score (nSPS) is 19.8. The SMILES string of the molecule is Cn1cc(CN2CC[C@H]3C(=O)N(Cc4cccnc4)CCO[C@H]3C2)cn1.O=C(O)C(F)(F)F.O=C(O)C(F)(F)F. The van der Waals surface area contributed by atoms with Crippen LogP contribution in [0.1, 0.15) is 17.5 Å². The van der Waals surface area contributed by atoms with Gasteiger partial charge < -0.3 is 19.8 Å². The quantitative estimate of drug-likeness (QED) is 0.520. The number of carboxylic acids is 2. The Labute approximate surface area is 223 Å². The number of rotatable bonds is 4. The van der Waals surface area contributed by atoms with Crippen LogP contribution in [0.25, 0.3) is 0 Å². The summed E-state index contributed by atoms with van der Waals surface area (Å²) in [5.41, 5.74) is 2.26. The fourth-order valence-corrected chi connectivity index (χ4v) is 3.92. The Morgan fingerprint density at radius 1 is 1.02 bits per heavy atom. The molecule has 2 aliphatic rings. The number of piperidine rings is 1. The van der Waals surface area contributed by atoms with Gasteiger partial charge in [0, 0.05) is 57.4 Å². The van der Waals surface area contributed by atoms with Gasteiger partial charge in [0.25, 0.3) is 0 Å². The van der Waals surface area contributed by atoms with Crippen molar-refractivity contribution in [2.24, 2.45) is 13.0 Å². The van der Waals surface area contributed by atoms with E-state index in [-0.39, 0.29) is 17.9 Å². The van der Waals surface area contributed by atoms with Crippen molar-refractivity contribution >= 4 is 17.8 Å². The average Bonchev–Trinajstić information content (AvgIpc) is 3.20. The number of hydrogen-bond acceptors (Lipinski definition) is 7. The van der Waals surface area contributed by atoms with Crippen molar-refractivity contribution in [2.75, 3.05) is 26.2 Å².